The molecule has 0 aliphatic carbocycles. The number of aromatic nitrogens is 1. The van der Waals surface area contributed by atoms with Crippen LogP contribution in [0.5, 0.6) is 0 Å². The van der Waals surface area contributed by atoms with Crippen LogP contribution in [0.2, 0.25) is 0 Å². The lowest BCUT2D eigenvalue weighted by Gasteiger charge is -2.23. The second-order valence-electron chi connectivity index (χ2n) is 5.30. The number of fused-ring (bicyclic) bond motifs is 1. The standard InChI is InChI=1S/C13H19N5O/c14-12-6-8(13(15)19)10(7-16-12)17-9-3-5-18-4-1-2-11(9)18/h6-7,9,11,17H,1-5H2,(H2,14,16)(H2,15,19). The SMILES string of the molecule is NC(=O)c1cc(N)ncc1NC1CCN2CCCC12. The zero-order valence-electron chi connectivity index (χ0n) is 10.8. The lowest BCUT2D eigenvalue weighted by atomic mass is 10.1. The third-order valence-corrected chi connectivity index (χ3v) is 4.14. The normalized spacial score (nSPS) is 26.3. The molecule has 5 N–H and O–H groups in total. The number of pyridine rings is 1. The summed E-state index contributed by atoms with van der Waals surface area (Å²) >= 11 is 0. The monoisotopic (exact) mass is 261 g/mol. The Hall–Kier alpha value is -1.82. The molecular formula is C13H19N5O. The summed E-state index contributed by atoms with van der Waals surface area (Å²) in [6.07, 6.45) is 5.16. The third kappa shape index (κ3) is 2.23. The molecule has 0 saturated carbocycles. The van der Waals surface area contributed by atoms with Crippen LogP contribution in [0.25, 0.3) is 0 Å². The van der Waals surface area contributed by atoms with Gasteiger partial charge in [0.05, 0.1) is 17.4 Å². The number of carbonyl (C=O) groups excluding carboxylic acids is 1. The second-order valence-corrected chi connectivity index (χ2v) is 5.30. The Kier molecular flexibility index (Phi) is 3.02. The average molecular weight is 261 g/mol. The second kappa shape index (κ2) is 4.70. The number of primary amides is 1. The molecule has 0 bridgehead atoms. The van der Waals surface area contributed by atoms with Gasteiger partial charge in [-0.25, -0.2) is 4.98 Å². The van der Waals surface area contributed by atoms with Gasteiger partial charge in [0.2, 0.25) is 0 Å². The predicted molar refractivity (Wildman–Crippen MR) is 73.8 cm³/mol. The van der Waals surface area contributed by atoms with Crippen LogP contribution < -0.4 is 16.8 Å². The fourth-order valence-corrected chi connectivity index (χ4v) is 3.24. The molecule has 6 nitrogen and oxygen atoms in total. The van der Waals surface area contributed by atoms with Crippen LogP contribution in [-0.4, -0.2) is 41.0 Å². The van der Waals surface area contributed by atoms with Gasteiger partial charge in [0.25, 0.3) is 5.91 Å². The number of nitrogen functional groups attached to an aromatic ring is 1. The molecule has 2 fully saturated rings. The van der Waals surface area contributed by atoms with Crippen molar-refractivity contribution in [2.75, 3.05) is 24.1 Å². The molecule has 1 aromatic heterocycles. The molecule has 102 valence electrons. The highest BCUT2D eigenvalue weighted by Gasteiger charge is 2.37. The first kappa shape index (κ1) is 12.2. The van der Waals surface area contributed by atoms with Crippen LogP contribution in [0.4, 0.5) is 11.5 Å². The Morgan fingerprint density at radius 3 is 3.05 bits per heavy atom. The molecule has 0 aromatic carbocycles. The minimum absolute atomic E-state index is 0.313. The summed E-state index contributed by atoms with van der Waals surface area (Å²) in [5, 5.41) is 3.43. The molecule has 6 heteroatoms. The number of amides is 1. The van der Waals surface area contributed by atoms with Gasteiger partial charge in [-0.3, -0.25) is 9.69 Å². The number of nitrogens with two attached hydrogens (primary N) is 2. The molecule has 1 aromatic rings. The maximum Gasteiger partial charge on any atom is 0.250 e. The van der Waals surface area contributed by atoms with Crippen molar-refractivity contribution in [3.63, 3.8) is 0 Å². The first-order valence-corrected chi connectivity index (χ1v) is 6.71. The number of carbonyl (C=O) groups is 1. The molecule has 19 heavy (non-hydrogen) atoms. The van der Waals surface area contributed by atoms with Gasteiger partial charge in [0.15, 0.2) is 0 Å². The van der Waals surface area contributed by atoms with Gasteiger partial charge < -0.3 is 16.8 Å². The molecule has 2 aliphatic heterocycles. The Morgan fingerprint density at radius 2 is 2.26 bits per heavy atom. The quantitative estimate of drug-likeness (QED) is 0.732. The van der Waals surface area contributed by atoms with E-state index in [4.69, 9.17) is 11.5 Å². The highest BCUT2D eigenvalue weighted by atomic mass is 16.1. The minimum atomic E-state index is -0.474. The van der Waals surface area contributed by atoms with Crippen molar-refractivity contribution >= 4 is 17.4 Å². The van der Waals surface area contributed by atoms with Crippen molar-refractivity contribution in [1.29, 1.82) is 0 Å². The maximum absolute atomic E-state index is 11.5. The third-order valence-electron chi connectivity index (χ3n) is 4.14. The van der Waals surface area contributed by atoms with Crippen LogP contribution in [0, 0.1) is 0 Å². The first-order chi connectivity index (χ1) is 9.15. The Bertz CT molecular complexity index is 504. The van der Waals surface area contributed by atoms with Crippen LogP contribution in [0.3, 0.4) is 0 Å². The van der Waals surface area contributed by atoms with Gasteiger partial charge in [-0.1, -0.05) is 0 Å². The van der Waals surface area contributed by atoms with Gasteiger partial charge in [-0.05, 0) is 31.9 Å². The minimum Gasteiger partial charge on any atom is -0.384 e. The summed E-state index contributed by atoms with van der Waals surface area (Å²) < 4.78 is 0. The first-order valence-electron chi connectivity index (χ1n) is 6.71. The van der Waals surface area contributed by atoms with Crippen molar-refractivity contribution in [2.24, 2.45) is 5.73 Å². The molecule has 2 atom stereocenters. The zero-order valence-corrected chi connectivity index (χ0v) is 10.8. The molecule has 2 saturated heterocycles. The molecule has 2 unspecified atom stereocenters. The van der Waals surface area contributed by atoms with Gasteiger partial charge in [-0.15, -0.1) is 0 Å². The van der Waals surface area contributed by atoms with E-state index >= 15 is 0 Å². The molecule has 0 radical (unpaired) electrons. The molecule has 1 amide bonds. The zero-order chi connectivity index (χ0) is 13.4. The van der Waals surface area contributed by atoms with E-state index in [2.05, 4.69) is 15.2 Å². The Labute approximate surface area is 112 Å². The van der Waals surface area contributed by atoms with Gasteiger partial charge in [0, 0.05) is 18.6 Å². The number of hydrogen-bond acceptors (Lipinski definition) is 5. The van der Waals surface area contributed by atoms with Crippen molar-refractivity contribution in [2.45, 2.75) is 31.3 Å². The molecule has 0 spiro atoms. The number of nitrogens with zero attached hydrogens (tertiary/aromatic N) is 2. The fourth-order valence-electron chi connectivity index (χ4n) is 3.24. The van der Waals surface area contributed by atoms with E-state index in [1.807, 2.05) is 0 Å². The summed E-state index contributed by atoms with van der Waals surface area (Å²) in [6.45, 7) is 2.31. The Morgan fingerprint density at radius 1 is 1.42 bits per heavy atom. The molecular weight excluding hydrogens is 242 g/mol. The lowest BCUT2D eigenvalue weighted by Crippen LogP contribution is -2.34. The molecule has 2 aliphatic rings. The Balaban J connectivity index is 1.81. The van der Waals surface area contributed by atoms with E-state index in [0.717, 1.165) is 13.0 Å². The maximum atomic E-state index is 11.5. The van der Waals surface area contributed by atoms with Crippen LogP contribution in [-0.2, 0) is 0 Å². The smallest absolute Gasteiger partial charge is 0.250 e. The average Bonchev–Trinajstić information content (AvgIpc) is 2.96. The van der Waals surface area contributed by atoms with Crippen LogP contribution in [0.15, 0.2) is 12.3 Å². The summed E-state index contributed by atoms with van der Waals surface area (Å²) in [5.41, 5.74) is 12.1. The van der Waals surface area contributed by atoms with E-state index in [-0.39, 0.29) is 0 Å². The molecule has 3 rings (SSSR count). The highest BCUT2D eigenvalue weighted by Crippen LogP contribution is 2.30. The van der Waals surface area contributed by atoms with E-state index in [0.29, 0.717) is 29.2 Å². The number of nitrogens with one attached hydrogen (secondary N) is 1. The van der Waals surface area contributed by atoms with Crippen molar-refractivity contribution < 1.29 is 4.79 Å². The largest absolute Gasteiger partial charge is 0.384 e. The van der Waals surface area contributed by atoms with Crippen LogP contribution >= 0.6 is 0 Å². The van der Waals surface area contributed by atoms with Crippen molar-refractivity contribution in [1.82, 2.24) is 9.88 Å². The van der Waals surface area contributed by atoms with E-state index in [1.165, 1.54) is 25.5 Å². The lowest BCUT2D eigenvalue weighted by molar-refractivity contribution is 0.100. The topological polar surface area (TPSA) is 97.3 Å². The number of anilines is 2. The van der Waals surface area contributed by atoms with E-state index < -0.39 is 5.91 Å². The predicted octanol–water partition coefficient (Wildman–Crippen LogP) is 0.411. The van der Waals surface area contributed by atoms with Gasteiger partial charge in [-0.2, -0.15) is 0 Å². The van der Waals surface area contributed by atoms with Crippen LogP contribution in [0.1, 0.15) is 29.6 Å². The summed E-state index contributed by atoms with van der Waals surface area (Å²) in [5.74, 6) is -0.161. The fraction of sp³-hybridized carbons (Fsp3) is 0.538. The summed E-state index contributed by atoms with van der Waals surface area (Å²) in [6, 6.07) is 2.47. The van der Waals surface area contributed by atoms with E-state index in [1.54, 1.807) is 6.20 Å². The number of hydrogen-bond donors (Lipinski definition) is 3. The summed E-state index contributed by atoms with van der Waals surface area (Å²) in [4.78, 5) is 18.0. The highest BCUT2D eigenvalue weighted by molar-refractivity contribution is 5.99. The van der Waals surface area contributed by atoms with Gasteiger partial charge in [0.1, 0.15) is 5.82 Å². The van der Waals surface area contributed by atoms with Gasteiger partial charge >= 0.3 is 0 Å². The summed E-state index contributed by atoms with van der Waals surface area (Å²) in [7, 11) is 0. The van der Waals surface area contributed by atoms with E-state index in [9.17, 15) is 4.79 Å². The number of rotatable bonds is 3. The molecule has 3 heterocycles. The van der Waals surface area contributed by atoms with Crippen molar-refractivity contribution in [3.05, 3.63) is 17.8 Å². The van der Waals surface area contributed by atoms with Crippen molar-refractivity contribution in [3.8, 4) is 0 Å².